The van der Waals surface area contributed by atoms with E-state index in [-0.39, 0.29) is 18.4 Å². The second kappa shape index (κ2) is 10.0. The molecule has 0 spiro atoms. The van der Waals surface area contributed by atoms with E-state index in [0.717, 1.165) is 16.7 Å². The van der Waals surface area contributed by atoms with Crippen molar-refractivity contribution in [2.45, 2.75) is 12.8 Å². The lowest BCUT2D eigenvalue weighted by Crippen LogP contribution is -2.35. The highest BCUT2D eigenvalue weighted by molar-refractivity contribution is 5.73. The van der Waals surface area contributed by atoms with Crippen LogP contribution in [0.15, 0.2) is 67.3 Å². The highest BCUT2D eigenvalue weighted by atomic mass is 16.5. The second-order valence-electron chi connectivity index (χ2n) is 5.89. The largest absolute Gasteiger partial charge is 0.445 e. The lowest BCUT2D eigenvalue weighted by molar-refractivity contribution is -0.119. The molecule has 0 aliphatic rings. The second-order valence-corrected chi connectivity index (χ2v) is 5.89. The lowest BCUT2D eigenvalue weighted by atomic mass is 9.96. The number of ether oxygens (including phenoxy) is 1. The molecule has 0 unspecified atom stereocenters. The number of carbonyl (C=O) groups excluding carboxylic acids is 2. The van der Waals surface area contributed by atoms with Crippen LogP contribution < -0.4 is 10.6 Å². The van der Waals surface area contributed by atoms with E-state index in [0.29, 0.717) is 13.1 Å². The van der Waals surface area contributed by atoms with E-state index in [9.17, 15) is 9.59 Å². The Hall–Kier alpha value is -3.08. The van der Waals surface area contributed by atoms with Crippen LogP contribution in [0.5, 0.6) is 0 Å². The summed E-state index contributed by atoms with van der Waals surface area (Å²) in [7, 11) is 0. The molecule has 0 heterocycles. The van der Waals surface area contributed by atoms with Gasteiger partial charge in [-0.2, -0.15) is 0 Å². The minimum atomic E-state index is -0.501. The Balaban J connectivity index is 2.07. The molecule has 2 rings (SSSR count). The molecule has 2 N–H and O–H groups in total. The first-order valence-corrected chi connectivity index (χ1v) is 8.51. The molecule has 2 aromatic rings. The van der Waals surface area contributed by atoms with E-state index in [1.54, 1.807) is 0 Å². The molecule has 0 aliphatic carbocycles. The summed E-state index contributed by atoms with van der Waals surface area (Å²) in [5.41, 5.74) is 3.29. The summed E-state index contributed by atoms with van der Waals surface area (Å²) in [4.78, 5) is 22.9. The fourth-order valence-electron chi connectivity index (χ4n) is 2.55. The molecular formula is C21H24N2O3. The third-order valence-corrected chi connectivity index (χ3v) is 3.91. The number of carbonyl (C=O) groups is 2. The maximum atomic E-state index is 11.6. The van der Waals surface area contributed by atoms with Crippen LogP contribution in [-0.4, -0.2) is 31.7 Å². The zero-order valence-electron chi connectivity index (χ0n) is 14.9. The minimum Gasteiger partial charge on any atom is -0.445 e. The third-order valence-electron chi connectivity index (χ3n) is 3.91. The van der Waals surface area contributed by atoms with Crippen molar-refractivity contribution in [3.05, 3.63) is 72.8 Å². The molecular weight excluding hydrogens is 328 g/mol. The van der Waals surface area contributed by atoms with Crippen LogP contribution in [0.4, 0.5) is 4.79 Å². The monoisotopic (exact) mass is 352 g/mol. The third kappa shape index (κ3) is 6.09. The van der Waals surface area contributed by atoms with Gasteiger partial charge in [-0.05, 0) is 16.7 Å². The van der Waals surface area contributed by atoms with Crippen molar-refractivity contribution < 1.29 is 14.3 Å². The highest BCUT2D eigenvalue weighted by Gasteiger charge is 2.14. The molecule has 1 atom stereocenters. The maximum Gasteiger partial charge on any atom is 0.407 e. The Kier molecular flexibility index (Phi) is 7.43. The number of hydrogen-bond acceptors (Lipinski definition) is 3. The van der Waals surface area contributed by atoms with E-state index in [1.807, 2.05) is 42.5 Å². The Bertz CT molecular complexity index is 727. The summed E-state index contributed by atoms with van der Waals surface area (Å²) in [6, 6.07) is 18.2. The van der Waals surface area contributed by atoms with Gasteiger partial charge in [0.05, 0.1) is 0 Å². The lowest BCUT2D eigenvalue weighted by Gasteiger charge is -2.19. The summed E-state index contributed by atoms with van der Waals surface area (Å²) in [5.74, 6) is -0.162. The van der Waals surface area contributed by atoms with Gasteiger partial charge in [0.15, 0.2) is 0 Å². The summed E-state index contributed by atoms with van der Waals surface area (Å²) in [6.45, 7) is 5.93. The Morgan fingerprint density at radius 3 is 2.23 bits per heavy atom. The van der Waals surface area contributed by atoms with Gasteiger partial charge in [-0.3, -0.25) is 4.79 Å². The van der Waals surface area contributed by atoms with E-state index < -0.39 is 6.09 Å². The van der Waals surface area contributed by atoms with Gasteiger partial charge in [0.2, 0.25) is 5.91 Å². The van der Waals surface area contributed by atoms with Crippen molar-refractivity contribution >= 4 is 12.0 Å². The van der Waals surface area contributed by atoms with Crippen LogP contribution in [0.3, 0.4) is 0 Å². The van der Waals surface area contributed by atoms with Gasteiger partial charge in [0.1, 0.15) is 6.61 Å². The average Bonchev–Trinajstić information content (AvgIpc) is 2.67. The number of alkyl carbamates (subject to hydrolysis) is 1. The van der Waals surface area contributed by atoms with Gasteiger partial charge in [-0.1, -0.05) is 67.3 Å². The standard InChI is InChI=1S/C21H24N2O3/c1-3-13-26-21(25)23-15-20(14-22-16(2)24)19-11-9-18(10-12-19)17-7-5-4-6-8-17/h3-12,20H,1,13-15H2,2H3,(H,22,24)(H,23,25)/t20-/m1/s1. The Labute approximate surface area is 154 Å². The fraction of sp³-hybridized carbons (Fsp3) is 0.238. The molecule has 26 heavy (non-hydrogen) atoms. The molecule has 0 saturated heterocycles. The van der Waals surface area contributed by atoms with Gasteiger partial charge in [0, 0.05) is 25.9 Å². The average molecular weight is 352 g/mol. The molecule has 0 aliphatic heterocycles. The van der Waals surface area contributed by atoms with Crippen molar-refractivity contribution in [1.82, 2.24) is 10.6 Å². The van der Waals surface area contributed by atoms with Gasteiger partial charge in [-0.25, -0.2) is 4.79 Å². The minimum absolute atomic E-state index is 0.0556. The number of rotatable bonds is 8. The Morgan fingerprint density at radius 2 is 1.62 bits per heavy atom. The number of hydrogen-bond donors (Lipinski definition) is 2. The fourth-order valence-corrected chi connectivity index (χ4v) is 2.55. The number of nitrogens with one attached hydrogen (secondary N) is 2. The zero-order valence-corrected chi connectivity index (χ0v) is 14.9. The van der Waals surface area contributed by atoms with E-state index in [2.05, 4.69) is 29.3 Å². The van der Waals surface area contributed by atoms with Crippen molar-refractivity contribution in [3.8, 4) is 11.1 Å². The zero-order chi connectivity index (χ0) is 18.8. The van der Waals surface area contributed by atoms with E-state index in [1.165, 1.54) is 13.0 Å². The van der Waals surface area contributed by atoms with Gasteiger partial charge < -0.3 is 15.4 Å². The van der Waals surface area contributed by atoms with Crippen LogP contribution in [-0.2, 0) is 9.53 Å². The first-order chi connectivity index (χ1) is 12.6. The SMILES string of the molecule is C=CCOC(=O)NC[C@@H](CNC(C)=O)c1ccc(-c2ccccc2)cc1. The molecule has 2 amide bonds. The normalized spacial score (nSPS) is 11.3. The predicted molar refractivity (Wildman–Crippen MR) is 103 cm³/mol. The van der Waals surface area contributed by atoms with Crippen molar-refractivity contribution in [2.24, 2.45) is 0 Å². The van der Waals surface area contributed by atoms with Crippen LogP contribution in [0.2, 0.25) is 0 Å². The summed E-state index contributed by atoms with van der Waals surface area (Å²) in [5, 5.41) is 5.54. The smallest absolute Gasteiger partial charge is 0.407 e. The number of benzene rings is 2. The molecule has 136 valence electrons. The first kappa shape index (κ1) is 19.2. The van der Waals surface area contributed by atoms with Crippen LogP contribution in [0.1, 0.15) is 18.4 Å². The quantitative estimate of drug-likeness (QED) is 0.715. The molecule has 0 bridgehead atoms. The Morgan fingerprint density at radius 1 is 1.00 bits per heavy atom. The van der Waals surface area contributed by atoms with Crippen molar-refractivity contribution in [2.75, 3.05) is 19.7 Å². The summed E-state index contributed by atoms with van der Waals surface area (Å²) < 4.78 is 4.92. The summed E-state index contributed by atoms with van der Waals surface area (Å²) >= 11 is 0. The van der Waals surface area contributed by atoms with Crippen molar-refractivity contribution in [3.63, 3.8) is 0 Å². The molecule has 5 nitrogen and oxygen atoms in total. The van der Waals surface area contributed by atoms with E-state index >= 15 is 0 Å². The molecule has 0 aromatic heterocycles. The topological polar surface area (TPSA) is 67.4 Å². The van der Waals surface area contributed by atoms with Crippen molar-refractivity contribution in [1.29, 1.82) is 0 Å². The molecule has 2 aromatic carbocycles. The van der Waals surface area contributed by atoms with E-state index in [4.69, 9.17) is 4.74 Å². The highest BCUT2D eigenvalue weighted by Crippen LogP contribution is 2.22. The predicted octanol–water partition coefficient (Wildman–Crippen LogP) is 3.49. The maximum absolute atomic E-state index is 11.6. The van der Waals surface area contributed by atoms with Gasteiger partial charge >= 0.3 is 6.09 Å². The molecule has 0 saturated carbocycles. The molecule has 0 radical (unpaired) electrons. The molecule has 5 heteroatoms. The number of amides is 2. The van der Waals surface area contributed by atoms with Crippen LogP contribution in [0.25, 0.3) is 11.1 Å². The summed E-state index contributed by atoms with van der Waals surface area (Å²) in [6.07, 6.45) is 1.01. The molecule has 0 fully saturated rings. The van der Waals surface area contributed by atoms with Gasteiger partial charge in [0.25, 0.3) is 0 Å². The van der Waals surface area contributed by atoms with Gasteiger partial charge in [-0.15, -0.1) is 0 Å². The van der Waals surface area contributed by atoms with Crippen LogP contribution in [0, 0.1) is 0 Å². The first-order valence-electron chi connectivity index (χ1n) is 8.51. The van der Waals surface area contributed by atoms with Crippen LogP contribution >= 0.6 is 0 Å².